The number of anilines is 1. The van der Waals surface area contributed by atoms with E-state index in [1.165, 1.54) is 30.3 Å². The van der Waals surface area contributed by atoms with E-state index in [0.717, 1.165) is 11.0 Å². The fraction of sp³-hybridized carbons (Fsp3) is 0. The average Bonchev–Trinajstić information content (AvgIpc) is 2.99. The number of amides is 2. The molecule has 29 heavy (non-hydrogen) atoms. The summed E-state index contributed by atoms with van der Waals surface area (Å²) in [4.78, 5) is 25.8. The van der Waals surface area contributed by atoms with Gasteiger partial charge in [-0.15, -0.1) is 0 Å². The minimum atomic E-state index is -2.31. The Labute approximate surface area is 159 Å². The first-order chi connectivity index (χ1) is 13.8. The molecule has 3 aromatic carbocycles. The number of hydrogen-bond acceptors (Lipinski definition) is 3. The molecule has 0 saturated heterocycles. The lowest BCUT2D eigenvalue weighted by Crippen LogP contribution is -2.29. The summed E-state index contributed by atoms with van der Waals surface area (Å²) in [7, 11) is 0. The van der Waals surface area contributed by atoms with E-state index in [9.17, 15) is 31.5 Å². The number of carbonyl (C=O) groups is 2. The molecule has 146 valence electrons. The number of rotatable bonds is 3. The number of carbonyl (C=O) groups excluding carboxylic acids is 2. The summed E-state index contributed by atoms with van der Waals surface area (Å²) >= 11 is 0. The minimum absolute atomic E-state index is 0.00225. The molecule has 0 fully saturated rings. The van der Waals surface area contributed by atoms with Crippen molar-refractivity contribution in [3.8, 4) is 11.5 Å². The topological polar surface area (TPSA) is 46.6 Å². The maximum atomic E-state index is 13.8. The van der Waals surface area contributed by atoms with Gasteiger partial charge in [0.15, 0.2) is 0 Å². The summed E-state index contributed by atoms with van der Waals surface area (Å²) in [5.74, 6) is -14.0. The van der Waals surface area contributed by atoms with Crippen LogP contribution in [0.25, 0.3) is 0 Å². The van der Waals surface area contributed by atoms with Gasteiger partial charge in [0, 0.05) is 6.07 Å². The van der Waals surface area contributed by atoms with Crippen LogP contribution in [0.2, 0.25) is 0 Å². The van der Waals surface area contributed by atoms with Crippen LogP contribution >= 0.6 is 0 Å². The maximum Gasteiger partial charge on any atom is 0.266 e. The molecule has 0 saturated carbocycles. The Morgan fingerprint density at radius 2 is 1.17 bits per heavy atom. The number of halogens is 5. The molecule has 0 N–H and O–H groups in total. The summed E-state index contributed by atoms with van der Waals surface area (Å²) in [6.07, 6.45) is 0. The molecular formula is C20H8F5NO3. The summed E-state index contributed by atoms with van der Waals surface area (Å²) in [6, 6.07) is 11.0. The predicted molar refractivity (Wildman–Crippen MR) is 90.3 cm³/mol. The largest absolute Gasteiger partial charge is 0.451 e. The standard InChI is InChI=1S/C20H8F5NO3/c21-13-14(22)16(24)18(17(25)15(13)23)29-10-5-3-4-9(8-10)26-19(27)11-6-1-2-7-12(11)20(26)28/h1-8H. The summed E-state index contributed by atoms with van der Waals surface area (Å²) in [6.45, 7) is 0. The van der Waals surface area contributed by atoms with Crippen LogP contribution in [0.5, 0.6) is 11.5 Å². The Bertz CT molecular complexity index is 1130. The first kappa shape index (κ1) is 18.6. The minimum Gasteiger partial charge on any atom is -0.451 e. The second kappa shape index (κ2) is 6.69. The number of fused-ring (bicyclic) bond motifs is 1. The average molecular weight is 405 g/mol. The molecule has 0 bridgehead atoms. The third kappa shape index (κ3) is 2.82. The van der Waals surface area contributed by atoms with E-state index in [2.05, 4.69) is 0 Å². The normalized spacial score (nSPS) is 13.1. The molecule has 0 spiro atoms. The molecule has 0 atom stereocenters. The van der Waals surface area contributed by atoms with E-state index in [-0.39, 0.29) is 22.6 Å². The van der Waals surface area contributed by atoms with E-state index >= 15 is 0 Å². The Kier molecular flexibility index (Phi) is 4.30. The zero-order valence-electron chi connectivity index (χ0n) is 14.2. The highest BCUT2D eigenvalue weighted by Crippen LogP contribution is 2.35. The molecule has 0 radical (unpaired) electrons. The van der Waals surface area contributed by atoms with Crippen LogP contribution < -0.4 is 9.64 Å². The van der Waals surface area contributed by atoms with Crippen molar-refractivity contribution < 1.29 is 36.3 Å². The smallest absolute Gasteiger partial charge is 0.266 e. The quantitative estimate of drug-likeness (QED) is 0.267. The lowest BCUT2D eigenvalue weighted by molar-refractivity contribution is 0.0926. The number of hydrogen-bond donors (Lipinski definition) is 0. The van der Waals surface area contributed by atoms with Gasteiger partial charge < -0.3 is 4.74 Å². The van der Waals surface area contributed by atoms with Gasteiger partial charge in [0.1, 0.15) is 5.75 Å². The van der Waals surface area contributed by atoms with Gasteiger partial charge in [-0.05, 0) is 24.3 Å². The Morgan fingerprint density at radius 3 is 1.72 bits per heavy atom. The first-order valence-electron chi connectivity index (χ1n) is 8.08. The van der Waals surface area contributed by atoms with Gasteiger partial charge in [0.25, 0.3) is 11.8 Å². The van der Waals surface area contributed by atoms with E-state index in [0.29, 0.717) is 0 Å². The van der Waals surface area contributed by atoms with Gasteiger partial charge in [-0.2, -0.15) is 8.78 Å². The van der Waals surface area contributed by atoms with Crippen molar-refractivity contribution in [1.29, 1.82) is 0 Å². The van der Waals surface area contributed by atoms with E-state index in [1.54, 1.807) is 12.1 Å². The third-order valence-corrected chi connectivity index (χ3v) is 4.26. The predicted octanol–water partition coefficient (Wildman–Crippen LogP) is 4.98. The fourth-order valence-electron chi connectivity index (χ4n) is 2.90. The van der Waals surface area contributed by atoms with Gasteiger partial charge in [0.2, 0.25) is 34.8 Å². The van der Waals surface area contributed by atoms with Gasteiger partial charge >= 0.3 is 0 Å². The van der Waals surface area contributed by atoms with Crippen LogP contribution in [0.4, 0.5) is 27.6 Å². The second-order valence-corrected chi connectivity index (χ2v) is 5.99. The molecule has 2 amide bonds. The molecule has 9 heteroatoms. The third-order valence-electron chi connectivity index (χ3n) is 4.26. The molecular weight excluding hydrogens is 397 g/mol. The molecule has 4 nitrogen and oxygen atoms in total. The fourth-order valence-corrected chi connectivity index (χ4v) is 2.90. The molecule has 0 unspecified atom stereocenters. The van der Waals surface area contributed by atoms with Crippen LogP contribution in [0.1, 0.15) is 20.7 Å². The highest BCUT2D eigenvalue weighted by atomic mass is 19.2. The summed E-state index contributed by atoms with van der Waals surface area (Å²) in [5.41, 5.74) is 0.338. The van der Waals surface area contributed by atoms with Crippen molar-refractivity contribution >= 4 is 17.5 Å². The Morgan fingerprint density at radius 1 is 0.655 bits per heavy atom. The van der Waals surface area contributed by atoms with Gasteiger partial charge in [-0.3, -0.25) is 9.59 Å². The van der Waals surface area contributed by atoms with Gasteiger partial charge in [-0.25, -0.2) is 18.1 Å². The Hall–Kier alpha value is -3.75. The highest BCUT2D eigenvalue weighted by Gasteiger charge is 2.36. The van der Waals surface area contributed by atoms with Gasteiger partial charge in [0.05, 0.1) is 16.8 Å². The first-order valence-corrected chi connectivity index (χ1v) is 8.08. The molecule has 0 aliphatic carbocycles. The zero-order chi connectivity index (χ0) is 20.9. The number of ether oxygens (including phenoxy) is 1. The van der Waals surface area contributed by atoms with Crippen molar-refractivity contribution in [3.05, 3.63) is 88.7 Å². The summed E-state index contributed by atoms with van der Waals surface area (Å²) < 4.78 is 72.4. The van der Waals surface area contributed by atoms with Crippen molar-refractivity contribution in [2.24, 2.45) is 0 Å². The van der Waals surface area contributed by atoms with Crippen molar-refractivity contribution in [2.75, 3.05) is 4.90 Å². The van der Waals surface area contributed by atoms with Crippen molar-refractivity contribution in [2.45, 2.75) is 0 Å². The van der Waals surface area contributed by atoms with E-state index < -0.39 is 46.6 Å². The Balaban J connectivity index is 1.72. The maximum absolute atomic E-state index is 13.8. The van der Waals surface area contributed by atoms with Crippen LogP contribution in [-0.4, -0.2) is 11.8 Å². The number of imide groups is 1. The lowest BCUT2D eigenvalue weighted by Gasteiger charge is -2.16. The molecule has 1 aliphatic rings. The molecule has 4 rings (SSSR count). The second-order valence-electron chi connectivity index (χ2n) is 5.99. The summed E-state index contributed by atoms with van der Waals surface area (Å²) in [5, 5.41) is 0. The number of benzene rings is 3. The molecule has 1 aliphatic heterocycles. The highest BCUT2D eigenvalue weighted by molar-refractivity contribution is 6.34. The molecule has 1 heterocycles. The van der Waals surface area contributed by atoms with Crippen LogP contribution in [0.3, 0.4) is 0 Å². The molecule has 3 aromatic rings. The monoisotopic (exact) mass is 405 g/mol. The van der Waals surface area contributed by atoms with Crippen LogP contribution in [-0.2, 0) is 0 Å². The lowest BCUT2D eigenvalue weighted by atomic mass is 10.1. The van der Waals surface area contributed by atoms with E-state index in [4.69, 9.17) is 4.74 Å². The van der Waals surface area contributed by atoms with Gasteiger partial charge in [-0.1, -0.05) is 18.2 Å². The number of nitrogens with zero attached hydrogens (tertiary/aromatic N) is 1. The van der Waals surface area contributed by atoms with Crippen LogP contribution in [0.15, 0.2) is 48.5 Å². The van der Waals surface area contributed by atoms with E-state index in [1.807, 2.05) is 0 Å². The SMILES string of the molecule is O=C1c2ccccc2C(=O)N1c1cccc(Oc2c(F)c(F)c(F)c(F)c2F)c1. The van der Waals surface area contributed by atoms with Crippen LogP contribution in [0, 0.1) is 29.1 Å². The van der Waals surface area contributed by atoms with Crippen molar-refractivity contribution in [3.63, 3.8) is 0 Å². The molecule has 0 aromatic heterocycles. The van der Waals surface area contributed by atoms with Crippen molar-refractivity contribution in [1.82, 2.24) is 0 Å². The zero-order valence-corrected chi connectivity index (χ0v) is 14.2.